The predicted octanol–water partition coefficient (Wildman–Crippen LogP) is 1.71. The summed E-state index contributed by atoms with van der Waals surface area (Å²) < 4.78 is 0. The Morgan fingerprint density at radius 2 is 2.04 bits per heavy atom. The van der Waals surface area contributed by atoms with E-state index in [2.05, 4.69) is 20.9 Å². The maximum absolute atomic E-state index is 6.34. The summed E-state index contributed by atoms with van der Waals surface area (Å²) >= 11 is 12.5. The highest BCUT2D eigenvalue weighted by atomic mass is 35.5. The first kappa shape index (κ1) is 20.1. The third-order valence-electron chi connectivity index (χ3n) is 4.94. The van der Waals surface area contributed by atoms with E-state index in [1.807, 2.05) is 18.2 Å². The second-order valence-electron chi connectivity index (χ2n) is 7.01. The largest absolute Gasteiger partial charge is 0.401 e. The van der Waals surface area contributed by atoms with Crippen LogP contribution in [0.4, 0.5) is 0 Å². The van der Waals surface area contributed by atoms with Gasteiger partial charge in [-0.3, -0.25) is 0 Å². The van der Waals surface area contributed by atoms with Crippen LogP contribution in [0.25, 0.3) is 0 Å². The lowest BCUT2D eigenvalue weighted by atomic mass is 10.1. The number of piperidine rings is 1. The summed E-state index contributed by atoms with van der Waals surface area (Å²) in [4.78, 5) is 2.18. The van der Waals surface area contributed by atoms with Gasteiger partial charge in [0.05, 0.1) is 5.70 Å². The van der Waals surface area contributed by atoms with E-state index >= 15 is 0 Å². The summed E-state index contributed by atoms with van der Waals surface area (Å²) in [5.74, 6) is 0.629. The minimum Gasteiger partial charge on any atom is -0.401 e. The zero-order valence-electron chi connectivity index (χ0n) is 15.4. The number of nitrogens with zero attached hydrogens (tertiary/aromatic N) is 1. The van der Waals surface area contributed by atoms with E-state index in [1.54, 1.807) is 6.07 Å². The lowest BCUT2D eigenvalue weighted by Gasteiger charge is -2.32. The zero-order chi connectivity index (χ0) is 19.2. The van der Waals surface area contributed by atoms with Crippen LogP contribution in [0.5, 0.6) is 0 Å². The molecule has 1 aromatic carbocycles. The summed E-state index contributed by atoms with van der Waals surface area (Å²) in [5.41, 5.74) is 15.1. The molecule has 0 amide bonds. The molecule has 0 bridgehead atoms. The van der Waals surface area contributed by atoms with E-state index in [0.717, 1.165) is 56.0 Å². The number of hydrogen-bond acceptors (Lipinski definition) is 6. The molecule has 2 aliphatic rings. The minimum absolute atomic E-state index is 0.510. The summed E-state index contributed by atoms with van der Waals surface area (Å²) in [6.45, 7) is 4.96. The van der Waals surface area contributed by atoms with Gasteiger partial charge >= 0.3 is 0 Å². The first-order valence-electron chi connectivity index (χ1n) is 9.35. The van der Waals surface area contributed by atoms with Crippen LogP contribution < -0.4 is 27.4 Å². The fourth-order valence-corrected chi connectivity index (χ4v) is 3.80. The third kappa shape index (κ3) is 5.69. The van der Waals surface area contributed by atoms with Crippen molar-refractivity contribution < 1.29 is 0 Å². The van der Waals surface area contributed by atoms with Gasteiger partial charge < -0.3 is 32.3 Å². The highest BCUT2D eigenvalue weighted by Crippen LogP contribution is 2.24. The number of hydrogen-bond donors (Lipinski definition) is 5. The molecule has 2 heterocycles. The van der Waals surface area contributed by atoms with Crippen molar-refractivity contribution in [2.75, 3.05) is 32.7 Å². The Balaban J connectivity index is 1.69. The number of rotatable bonds is 6. The molecule has 7 N–H and O–H groups in total. The summed E-state index contributed by atoms with van der Waals surface area (Å²) in [5, 5.41) is 11.5. The first-order chi connectivity index (χ1) is 13.0. The lowest BCUT2D eigenvalue weighted by Crippen LogP contribution is -2.42. The van der Waals surface area contributed by atoms with Crippen LogP contribution in [0.1, 0.15) is 18.4 Å². The number of benzene rings is 1. The van der Waals surface area contributed by atoms with E-state index in [-0.39, 0.29) is 0 Å². The molecule has 0 atom stereocenters. The molecular formula is C19H28Cl2N6. The molecule has 1 fully saturated rings. The molecule has 1 saturated heterocycles. The Morgan fingerprint density at radius 3 is 2.81 bits per heavy atom. The molecule has 0 radical (unpaired) electrons. The number of nitrogens with two attached hydrogens (primary N) is 2. The molecule has 0 unspecified atom stereocenters. The quantitative estimate of drug-likeness (QED) is 0.490. The second-order valence-corrected chi connectivity index (χ2v) is 7.85. The van der Waals surface area contributed by atoms with Crippen molar-refractivity contribution in [3.63, 3.8) is 0 Å². The minimum atomic E-state index is 0.510. The Hall–Kier alpha value is -1.60. The Morgan fingerprint density at radius 1 is 1.26 bits per heavy atom. The molecule has 27 heavy (non-hydrogen) atoms. The maximum atomic E-state index is 6.34. The van der Waals surface area contributed by atoms with Gasteiger partial charge in [0.15, 0.2) is 0 Å². The molecule has 0 aromatic heterocycles. The van der Waals surface area contributed by atoms with Crippen molar-refractivity contribution in [3.8, 4) is 0 Å². The predicted molar refractivity (Wildman–Crippen MR) is 112 cm³/mol. The van der Waals surface area contributed by atoms with Gasteiger partial charge in [-0.15, -0.1) is 0 Å². The molecule has 0 saturated carbocycles. The molecule has 0 aliphatic carbocycles. The molecule has 2 aliphatic heterocycles. The van der Waals surface area contributed by atoms with Crippen LogP contribution in [-0.2, 0) is 6.54 Å². The first-order valence-corrected chi connectivity index (χ1v) is 10.1. The van der Waals surface area contributed by atoms with Crippen molar-refractivity contribution in [3.05, 3.63) is 57.1 Å². The van der Waals surface area contributed by atoms with Gasteiger partial charge in [-0.1, -0.05) is 23.2 Å². The van der Waals surface area contributed by atoms with Gasteiger partial charge in [-0.2, -0.15) is 0 Å². The highest BCUT2D eigenvalue weighted by molar-refractivity contribution is 6.33. The fraction of sp³-hybridized carbons (Fsp3) is 0.474. The van der Waals surface area contributed by atoms with Gasteiger partial charge in [0, 0.05) is 48.0 Å². The van der Waals surface area contributed by atoms with Gasteiger partial charge in [-0.25, -0.2) is 0 Å². The number of halogens is 2. The molecule has 8 heteroatoms. The van der Waals surface area contributed by atoms with Crippen molar-refractivity contribution in [1.29, 1.82) is 0 Å². The van der Waals surface area contributed by atoms with Gasteiger partial charge in [-0.05, 0) is 55.8 Å². The van der Waals surface area contributed by atoms with E-state index < -0.39 is 0 Å². The van der Waals surface area contributed by atoms with Crippen molar-refractivity contribution in [1.82, 2.24) is 20.9 Å². The smallest absolute Gasteiger partial charge is 0.120 e. The second kappa shape index (κ2) is 9.55. The molecule has 1 aromatic rings. The SMILES string of the molecule is NC1=C(/C=C(\N)CNC2CCNCC2)N(Cc2cc(Cl)ccc2Cl)CCN1. The lowest BCUT2D eigenvalue weighted by molar-refractivity contribution is 0.320. The van der Waals surface area contributed by atoms with Crippen LogP contribution in [0.15, 0.2) is 41.5 Å². The van der Waals surface area contributed by atoms with Crippen molar-refractivity contribution in [2.45, 2.75) is 25.4 Å². The van der Waals surface area contributed by atoms with Gasteiger partial charge in [0.25, 0.3) is 0 Å². The number of allylic oxidation sites excluding steroid dienone is 1. The van der Waals surface area contributed by atoms with Crippen molar-refractivity contribution >= 4 is 23.2 Å². The molecule has 148 valence electrons. The third-order valence-corrected chi connectivity index (χ3v) is 5.54. The van der Waals surface area contributed by atoms with Crippen molar-refractivity contribution in [2.24, 2.45) is 11.5 Å². The Bertz CT molecular complexity index is 712. The van der Waals surface area contributed by atoms with Crippen LogP contribution in [-0.4, -0.2) is 43.7 Å². The van der Waals surface area contributed by atoms with E-state index in [0.29, 0.717) is 35.0 Å². The molecular weight excluding hydrogens is 383 g/mol. The highest BCUT2D eigenvalue weighted by Gasteiger charge is 2.19. The average molecular weight is 411 g/mol. The summed E-state index contributed by atoms with van der Waals surface area (Å²) in [7, 11) is 0. The Labute approximate surface area is 170 Å². The number of nitrogens with one attached hydrogen (secondary N) is 3. The standard InChI is InChI=1S/C19H28Cl2N6/c20-14-1-2-17(21)13(9-14)12-27-8-7-25-19(23)18(27)10-15(22)11-26-16-3-5-24-6-4-16/h1-2,9-10,16,24-26H,3-8,11-12,22-23H2/b15-10-. The molecule has 0 spiro atoms. The Kier molecular flexibility index (Phi) is 7.13. The average Bonchev–Trinajstić information content (AvgIpc) is 2.66. The van der Waals surface area contributed by atoms with Crippen LogP contribution in [0.2, 0.25) is 10.0 Å². The monoisotopic (exact) mass is 410 g/mol. The zero-order valence-corrected chi connectivity index (χ0v) is 16.9. The van der Waals surface area contributed by atoms with E-state index in [4.69, 9.17) is 34.7 Å². The normalized spacial score (nSPS) is 19.3. The van der Waals surface area contributed by atoms with Gasteiger partial charge in [0.1, 0.15) is 5.82 Å². The van der Waals surface area contributed by atoms with Gasteiger partial charge in [0.2, 0.25) is 0 Å². The van der Waals surface area contributed by atoms with E-state index in [1.165, 1.54) is 0 Å². The molecule has 3 rings (SSSR count). The molecule has 6 nitrogen and oxygen atoms in total. The summed E-state index contributed by atoms with van der Waals surface area (Å²) in [6.07, 6.45) is 4.20. The van der Waals surface area contributed by atoms with Crippen LogP contribution in [0, 0.1) is 0 Å². The van der Waals surface area contributed by atoms with Crippen LogP contribution in [0.3, 0.4) is 0 Å². The maximum Gasteiger partial charge on any atom is 0.120 e. The van der Waals surface area contributed by atoms with Crippen LogP contribution >= 0.6 is 23.2 Å². The fourth-order valence-electron chi connectivity index (χ4n) is 3.43. The van der Waals surface area contributed by atoms with E-state index in [9.17, 15) is 0 Å². The topological polar surface area (TPSA) is 91.4 Å². The summed E-state index contributed by atoms with van der Waals surface area (Å²) in [6, 6.07) is 6.02.